The lowest BCUT2D eigenvalue weighted by molar-refractivity contribution is -0.425. The molecule has 0 fully saturated rings. The number of nitrogens with two attached hydrogens (primary N) is 1. The van der Waals surface area contributed by atoms with Crippen LogP contribution in [0.15, 0.2) is 60.7 Å². The van der Waals surface area contributed by atoms with E-state index >= 15 is 0 Å². The van der Waals surface area contributed by atoms with Crippen LogP contribution in [-0.4, -0.2) is 15.3 Å². The lowest BCUT2D eigenvalue weighted by Crippen LogP contribution is -2.13. The number of H-pyrrole nitrogens is 2. The molecule has 5 N–H and O–H groups in total. The van der Waals surface area contributed by atoms with E-state index in [4.69, 9.17) is 5.84 Å². The van der Waals surface area contributed by atoms with E-state index in [1.807, 2.05) is 48.5 Å². The third kappa shape index (κ3) is 2.21. The summed E-state index contributed by atoms with van der Waals surface area (Å²) in [6, 6.07) is 20.1. The standard InChI is InChI=1S/C17H14N6/c18-19-16-14-13(11-7-3-1-4-8-11)15(12-9-5-2-6-10-12)20-22-17(14)23-21-16/h1-10H,18H2,(H2,19,21,22,23)/p+1. The van der Waals surface area contributed by atoms with Gasteiger partial charge in [0.05, 0.1) is 0 Å². The molecule has 0 radical (unpaired) electrons. The molecule has 0 aliphatic carbocycles. The van der Waals surface area contributed by atoms with Gasteiger partial charge in [0.15, 0.2) is 5.82 Å². The van der Waals surface area contributed by atoms with Crippen molar-refractivity contribution in [2.24, 2.45) is 5.84 Å². The summed E-state index contributed by atoms with van der Waals surface area (Å²) in [5, 5.41) is 15.6. The first-order chi connectivity index (χ1) is 11.4. The molecule has 6 heteroatoms. The zero-order chi connectivity index (χ0) is 15.6. The fourth-order valence-electron chi connectivity index (χ4n) is 2.75. The molecule has 2 heterocycles. The molecule has 0 atom stereocenters. The average molecular weight is 303 g/mol. The average Bonchev–Trinajstić information content (AvgIpc) is 3.05. The van der Waals surface area contributed by atoms with Crippen LogP contribution in [0.5, 0.6) is 0 Å². The maximum Gasteiger partial charge on any atom is 0.330 e. The van der Waals surface area contributed by atoms with Crippen LogP contribution in [0.4, 0.5) is 5.82 Å². The summed E-state index contributed by atoms with van der Waals surface area (Å²) in [7, 11) is 0. The molecule has 0 saturated heterocycles. The second kappa shape index (κ2) is 5.51. The molecule has 0 amide bonds. The first-order valence-electron chi connectivity index (χ1n) is 7.25. The Morgan fingerprint density at radius 2 is 1.57 bits per heavy atom. The van der Waals surface area contributed by atoms with Crippen LogP contribution in [0.2, 0.25) is 0 Å². The van der Waals surface area contributed by atoms with Crippen LogP contribution in [0.1, 0.15) is 0 Å². The van der Waals surface area contributed by atoms with E-state index < -0.39 is 0 Å². The molecular weight excluding hydrogens is 288 g/mol. The number of aromatic amines is 2. The van der Waals surface area contributed by atoms with Gasteiger partial charge in [-0.25, -0.2) is 5.84 Å². The minimum Gasteiger partial charge on any atom is -0.305 e. The van der Waals surface area contributed by atoms with Gasteiger partial charge in [-0.2, -0.15) is 0 Å². The Bertz CT molecular complexity index is 947. The molecule has 0 unspecified atom stereocenters. The van der Waals surface area contributed by atoms with Gasteiger partial charge in [0.25, 0.3) is 0 Å². The Labute approximate surface area is 132 Å². The van der Waals surface area contributed by atoms with Gasteiger partial charge in [-0.05, 0) is 5.56 Å². The molecule has 0 saturated carbocycles. The molecule has 2 aromatic carbocycles. The number of nitrogens with one attached hydrogen (secondary N) is 3. The lowest BCUT2D eigenvalue weighted by Gasteiger charge is -2.08. The molecule has 4 rings (SSSR count). The highest BCUT2D eigenvalue weighted by atomic mass is 15.3. The third-order valence-corrected chi connectivity index (χ3v) is 3.78. The number of hydrazine groups is 1. The predicted molar refractivity (Wildman–Crippen MR) is 89.1 cm³/mol. The van der Waals surface area contributed by atoms with Gasteiger partial charge < -0.3 is 5.43 Å². The van der Waals surface area contributed by atoms with Crippen LogP contribution in [-0.2, 0) is 0 Å². The Morgan fingerprint density at radius 3 is 2.22 bits per heavy atom. The van der Waals surface area contributed by atoms with Crippen LogP contribution in [0, 0.1) is 0 Å². The summed E-state index contributed by atoms with van der Waals surface area (Å²) < 4.78 is 0. The first kappa shape index (κ1) is 13.4. The Hall–Kier alpha value is -3.25. The van der Waals surface area contributed by atoms with Crippen molar-refractivity contribution in [3.63, 3.8) is 0 Å². The molecule has 0 spiro atoms. The van der Waals surface area contributed by atoms with Gasteiger partial charge >= 0.3 is 5.65 Å². The summed E-state index contributed by atoms with van der Waals surface area (Å²) >= 11 is 0. The van der Waals surface area contributed by atoms with E-state index in [2.05, 4.69) is 38.0 Å². The van der Waals surface area contributed by atoms with Gasteiger partial charge in [0, 0.05) is 11.1 Å². The zero-order valence-electron chi connectivity index (χ0n) is 12.2. The fraction of sp³-hybridized carbons (Fsp3) is 0. The number of hydrogen-bond donors (Lipinski definition) is 3. The summed E-state index contributed by atoms with van der Waals surface area (Å²) in [4.78, 5) is 0. The van der Waals surface area contributed by atoms with Gasteiger partial charge in [-0.1, -0.05) is 70.9 Å². The summed E-state index contributed by atoms with van der Waals surface area (Å²) in [6.07, 6.45) is 0. The molecule has 23 heavy (non-hydrogen) atoms. The quantitative estimate of drug-likeness (QED) is 0.400. The van der Waals surface area contributed by atoms with Crippen molar-refractivity contribution in [2.75, 3.05) is 5.43 Å². The fourth-order valence-corrected chi connectivity index (χ4v) is 2.75. The number of nitrogen functional groups attached to an aromatic ring is 1. The smallest absolute Gasteiger partial charge is 0.305 e. The van der Waals surface area contributed by atoms with Gasteiger partial charge in [-0.3, -0.25) is 0 Å². The molecule has 112 valence electrons. The molecule has 2 aromatic heterocycles. The number of hydrogen-bond acceptors (Lipinski definition) is 4. The molecule has 0 aliphatic heterocycles. The van der Waals surface area contributed by atoms with Crippen LogP contribution in [0.25, 0.3) is 33.4 Å². The number of aromatic nitrogens is 4. The highest BCUT2D eigenvalue weighted by molar-refractivity contribution is 6.04. The van der Waals surface area contributed by atoms with E-state index in [-0.39, 0.29) is 0 Å². The Morgan fingerprint density at radius 1 is 0.913 bits per heavy atom. The highest BCUT2D eigenvalue weighted by Crippen LogP contribution is 2.36. The minimum atomic E-state index is 0.578. The third-order valence-electron chi connectivity index (χ3n) is 3.78. The zero-order valence-corrected chi connectivity index (χ0v) is 12.2. The van der Waals surface area contributed by atoms with E-state index in [1.54, 1.807) is 0 Å². The maximum atomic E-state index is 5.63. The van der Waals surface area contributed by atoms with Crippen LogP contribution < -0.4 is 16.4 Å². The maximum absolute atomic E-state index is 5.63. The highest BCUT2D eigenvalue weighted by Gasteiger charge is 2.22. The van der Waals surface area contributed by atoms with Crippen molar-refractivity contribution < 1.29 is 5.10 Å². The van der Waals surface area contributed by atoms with Crippen molar-refractivity contribution in [3.8, 4) is 22.4 Å². The van der Waals surface area contributed by atoms with Gasteiger partial charge in [0.2, 0.25) is 0 Å². The van der Waals surface area contributed by atoms with E-state index in [0.29, 0.717) is 5.82 Å². The molecule has 0 aliphatic rings. The topological polar surface area (TPSA) is 93.8 Å². The number of nitrogens with zero attached hydrogens (tertiary/aromatic N) is 2. The second-order valence-electron chi connectivity index (χ2n) is 5.15. The summed E-state index contributed by atoms with van der Waals surface area (Å²) in [5.74, 6) is 6.21. The van der Waals surface area contributed by atoms with Crippen molar-refractivity contribution in [1.29, 1.82) is 0 Å². The van der Waals surface area contributed by atoms with Crippen molar-refractivity contribution >= 4 is 16.9 Å². The number of benzene rings is 2. The van der Waals surface area contributed by atoms with E-state index in [9.17, 15) is 0 Å². The monoisotopic (exact) mass is 303 g/mol. The predicted octanol–water partition coefficient (Wildman–Crippen LogP) is 2.39. The molecule has 4 aromatic rings. The van der Waals surface area contributed by atoms with Crippen LogP contribution >= 0.6 is 0 Å². The molecule has 0 bridgehead atoms. The van der Waals surface area contributed by atoms with Gasteiger partial charge in [0.1, 0.15) is 11.1 Å². The van der Waals surface area contributed by atoms with Crippen molar-refractivity contribution in [2.45, 2.75) is 0 Å². The first-order valence-corrected chi connectivity index (χ1v) is 7.25. The summed E-state index contributed by atoms with van der Waals surface area (Å²) in [6.45, 7) is 0. The Balaban J connectivity index is 2.11. The molecular formula is C17H15N6+. The van der Waals surface area contributed by atoms with E-state index in [1.165, 1.54) is 0 Å². The van der Waals surface area contributed by atoms with Crippen LogP contribution in [0.3, 0.4) is 0 Å². The summed E-state index contributed by atoms with van der Waals surface area (Å²) in [5.41, 5.74) is 7.27. The van der Waals surface area contributed by atoms with Gasteiger partial charge in [-0.15, -0.1) is 10.2 Å². The van der Waals surface area contributed by atoms with Crippen molar-refractivity contribution in [3.05, 3.63) is 60.7 Å². The lowest BCUT2D eigenvalue weighted by atomic mass is 9.97. The number of fused-ring (bicyclic) bond motifs is 1. The largest absolute Gasteiger partial charge is 0.330 e. The van der Waals surface area contributed by atoms with E-state index in [0.717, 1.165) is 33.4 Å². The molecule has 6 nitrogen and oxygen atoms in total. The number of rotatable bonds is 3. The number of anilines is 1. The van der Waals surface area contributed by atoms with Crippen molar-refractivity contribution in [1.82, 2.24) is 15.3 Å². The Kier molecular flexibility index (Phi) is 3.21. The minimum absolute atomic E-state index is 0.578. The SMILES string of the molecule is NNc1n[nH]c2[nH+]nc(-c3ccccc3)c(-c3ccccc3)c12. The normalized spacial score (nSPS) is 10.8. The second-order valence-corrected chi connectivity index (χ2v) is 5.15.